The standard InChI is InChI=1S/C10H23NO2/c1-8(2)10(7-13)11-9(3)5-4-6-12/h8-13H,4-7H2,1-3H3/t9?,10-/m1/s1. The van der Waals surface area contributed by atoms with E-state index in [0.29, 0.717) is 12.0 Å². The van der Waals surface area contributed by atoms with Crippen LogP contribution in [-0.2, 0) is 0 Å². The lowest BCUT2D eigenvalue weighted by atomic mass is 10.0. The summed E-state index contributed by atoms with van der Waals surface area (Å²) in [6.45, 7) is 6.69. The van der Waals surface area contributed by atoms with E-state index >= 15 is 0 Å². The molecule has 0 rings (SSSR count). The summed E-state index contributed by atoms with van der Waals surface area (Å²) in [6, 6.07) is 0.542. The Morgan fingerprint density at radius 3 is 2.15 bits per heavy atom. The topological polar surface area (TPSA) is 52.5 Å². The molecule has 13 heavy (non-hydrogen) atoms. The minimum Gasteiger partial charge on any atom is -0.396 e. The third-order valence-electron chi connectivity index (χ3n) is 2.30. The molecule has 80 valence electrons. The van der Waals surface area contributed by atoms with Crippen molar-refractivity contribution < 1.29 is 10.2 Å². The lowest BCUT2D eigenvalue weighted by Gasteiger charge is -2.24. The SMILES string of the molecule is CC(CCCO)N[C@H](CO)C(C)C. The Bertz CT molecular complexity index is 117. The zero-order valence-electron chi connectivity index (χ0n) is 8.95. The van der Waals surface area contributed by atoms with Crippen molar-refractivity contribution in [1.29, 1.82) is 0 Å². The molecule has 0 bridgehead atoms. The van der Waals surface area contributed by atoms with Crippen LogP contribution in [0.25, 0.3) is 0 Å². The van der Waals surface area contributed by atoms with Crippen LogP contribution in [0.2, 0.25) is 0 Å². The normalized spacial score (nSPS) is 16.2. The number of aliphatic hydroxyl groups excluding tert-OH is 2. The molecule has 0 aliphatic rings. The molecule has 3 N–H and O–H groups in total. The predicted molar refractivity (Wildman–Crippen MR) is 54.6 cm³/mol. The number of aliphatic hydroxyl groups is 2. The Kier molecular flexibility index (Phi) is 7.23. The second-order valence-corrected chi connectivity index (χ2v) is 3.97. The third-order valence-corrected chi connectivity index (χ3v) is 2.30. The first kappa shape index (κ1) is 12.9. The number of hydrogen-bond acceptors (Lipinski definition) is 3. The van der Waals surface area contributed by atoms with Gasteiger partial charge in [-0.05, 0) is 25.7 Å². The Morgan fingerprint density at radius 1 is 1.15 bits per heavy atom. The molecular formula is C10H23NO2. The van der Waals surface area contributed by atoms with Gasteiger partial charge in [0, 0.05) is 18.7 Å². The van der Waals surface area contributed by atoms with Gasteiger partial charge < -0.3 is 15.5 Å². The highest BCUT2D eigenvalue weighted by Crippen LogP contribution is 2.04. The van der Waals surface area contributed by atoms with Gasteiger partial charge in [-0.15, -0.1) is 0 Å². The van der Waals surface area contributed by atoms with Crippen molar-refractivity contribution in [1.82, 2.24) is 5.32 Å². The van der Waals surface area contributed by atoms with Gasteiger partial charge >= 0.3 is 0 Å². The summed E-state index contributed by atoms with van der Waals surface area (Å²) in [6.07, 6.45) is 1.78. The zero-order chi connectivity index (χ0) is 10.3. The summed E-state index contributed by atoms with van der Waals surface area (Å²) < 4.78 is 0. The average Bonchev–Trinajstić information content (AvgIpc) is 2.10. The van der Waals surface area contributed by atoms with E-state index in [1.165, 1.54) is 0 Å². The Labute approximate surface area is 81.2 Å². The molecule has 1 unspecified atom stereocenters. The lowest BCUT2D eigenvalue weighted by molar-refractivity contribution is 0.195. The molecule has 0 aromatic carbocycles. The Morgan fingerprint density at radius 2 is 1.77 bits per heavy atom. The Balaban J connectivity index is 3.66. The molecule has 0 heterocycles. The molecule has 0 saturated carbocycles. The van der Waals surface area contributed by atoms with Crippen LogP contribution >= 0.6 is 0 Å². The van der Waals surface area contributed by atoms with Crippen LogP contribution < -0.4 is 5.32 Å². The molecule has 0 radical (unpaired) electrons. The van der Waals surface area contributed by atoms with Gasteiger partial charge in [0.2, 0.25) is 0 Å². The highest BCUT2D eigenvalue weighted by atomic mass is 16.3. The van der Waals surface area contributed by atoms with Crippen molar-refractivity contribution >= 4 is 0 Å². The van der Waals surface area contributed by atoms with Crippen molar-refractivity contribution in [2.75, 3.05) is 13.2 Å². The van der Waals surface area contributed by atoms with E-state index in [4.69, 9.17) is 10.2 Å². The van der Waals surface area contributed by atoms with E-state index in [0.717, 1.165) is 12.8 Å². The molecule has 3 nitrogen and oxygen atoms in total. The van der Waals surface area contributed by atoms with Gasteiger partial charge in [0.1, 0.15) is 0 Å². The quantitative estimate of drug-likeness (QED) is 0.554. The summed E-state index contributed by atoms with van der Waals surface area (Å²) in [4.78, 5) is 0. The largest absolute Gasteiger partial charge is 0.396 e. The summed E-state index contributed by atoms with van der Waals surface area (Å²) in [7, 11) is 0. The van der Waals surface area contributed by atoms with E-state index in [9.17, 15) is 0 Å². The molecule has 0 saturated heterocycles. The van der Waals surface area contributed by atoms with Gasteiger partial charge in [0.25, 0.3) is 0 Å². The molecule has 0 aromatic rings. The van der Waals surface area contributed by atoms with Crippen LogP contribution in [0.4, 0.5) is 0 Å². The molecule has 0 fully saturated rings. The van der Waals surface area contributed by atoms with E-state index in [-0.39, 0.29) is 19.3 Å². The van der Waals surface area contributed by atoms with Crippen LogP contribution in [0.3, 0.4) is 0 Å². The Hall–Kier alpha value is -0.120. The highest BCUT2D eigenvalue weighted by Gasteiger charge is 2.13. The smallest absolute Gasteiger partial charge is 0.0587 e. The lowest BCUT2D eigenvalue weighted by Crippen LogP contribution is -2.42. The van der Waals surface area contributed by atoms with Crippen LogP contribution in [0.1, 0.15) is 33.6 Å². The van der Waals surface area contributed by atoms with Gasteiger partial charge in [0.05, 0.1) is 6.61 Å². The highest BCUT2D eigenvalue weighted by molar-refractivity contribution is 4.73. The fourth-order valence-corrected chi connectivity index (χ4v) is 1.30. The molecule has 0 aromatic heterocycles. The second kappa shape index (κ2) is 7.30. The van der Waals surface area contributed by atoms with Gasteiger partial charge in [-0.25, -0.2) is 0 Å². The summed E-state index contributed by atoms with van der Waals surface area (Å²) >= 11 is 0. The van der Waals surface area contributed by atoms with Gasteiger partial charge in [0.15, 0.2) is 0 Å². The van der Waals surface area contributed by atoms with Crippen molar-refractivity contribution in [2.45, 2.75) is 45.7 Å². The number of nitrogens with one attached hydrogen (secondary N) is 1. The monoisotopic (exact) mass is 189 g/mol. The summed E-state index contributed by atoms with van der Waals surface area (Å²) in [5, 5.41) is 21.0. The van der Waals surface area contributed by atoms with Gasteiger partial charge in [-0.2, -0.15) is 0 Å². The molecule has 2 atom stereocenters. The summed E-state index contributed by atoms with van der Waals surface area (Å²) in [5.74, 6) is 0.446. The van der Waals surface area contributed by atoms with E-state index < -0.39 is 0 Å². The van der Waals surface area contributed by atoms with E-state index in [1.807, 2.05) is 0 Å². The zero-order valence-corrected chi connectivity index (χ0v) is 8.95. The average molecular weight is 189 g/mol. The second-order valence-electron chi connectivity index (χ2n) is 3.97. The van der Waals surface area contributed by atoms with Gasteiger partial charge in [-0.3, -0.25) is 0 Å². The third kappa shape index (κ3) is 6.02. The maximum atomic E-state index is 9.06. The fraction of sp³-hybridized carbons (Fsp3) is 1.00. The van der Waals surface area contributed by atoms with Crippen molar-refractivity contribution in [3.8, 4) is 0 Å². The fourth-order valence-electron chi connectivity index (χ4n) is 1.30. The maximum Gasteiger partial charge on any atom is 0.0587 e. The van der Waals surface area contributed by atoms with Crippen molar-refractivity contribution in [2.24, 2.45) is 5.92 Å². The molecule has 0 aliphatic carbocycles. The van der Waals surface area contributed by atoms with E-state index in [2.05, 4.69) is 26.1 Å². The van der Waals surface area contributed by atoms with Crippen LogP contribution in [0, 0.1) is 5.92 Å². The molecule has 0 aliphatic heterocycles. The molecular weight excluding hydrogens is 166 g/mol. The minimum absolute atomic E-state index is 0.175. The van der Waals surface area contributed by atoms with Gasteiger partial charge in [-0.1, -0.05) is 13.8 Å². The summed E-state index contributed by atoms with van der Waals surface area (Å²) in [5.41, 5.74) is 0. The van der Waals surface area contributed by atoms with Crippen molar-refractivity contribution in [3.63, 3.8) is 0 Å². The first-order valence-electron chi connectivity index (χ1n) is 5.09. The van der Waals surface area contributed by atoms with Crippen LogP contribution in [0.5, 0.6) is 0 Å². The molecule has 3 heteroatoms. The predicted octanol–water partition coefficient (Wildman–Crippen LogP) is 0.754. The molecule has 0 spiro atoms. The first-order chi connectivity index (χ1) is 6.11. The maximum absolute atomic E-state index is 9.06. The van der Waals surface area contributed by atoms with Crippen LogP contribution in [-0.4, -0.2) is 35.5 Å². The first-order valence-corrected chi connectivity index (χ1v) is 5.09. The molecule has 0 amide bonds. The minimum atomic E-state index is 0.175. The van der Waals surface area contributed by atoms with Crippen molar-refractivity contribution in [3.05, 3.63) is 0 Å². The number of rotatable bonds is 7. The number of hydrogen-bond donors (Lipinski definition) is 3. The van der Waals surface area contributed by atoms with E-state index in [1.54, 1.807) is 0 Å². The van der Waals surface area contributed by atoms with Crippen LogP contribution in [0.15, 0.2) is 0 Å².